The van der Waals surface area contributed by atoms with E-state index in [1.807, 2.05) is 0 Å². The number of aliphatic carboxylic acids is 1. The molecule has 0 bridgehead atoms. The van der Waals surface area contributed by atoms with Gasteiger partial charge in [0.1, 0.15) is 0 Å². The number of carbonyl (C=O) groups is 1. The first-order valence-electron chi connectivity index (χ1n) is 10.4. The fraction of sp³-hybridized carbons (Fsp3) is 0.773. The van der Waals surface area contributed by atoms with Gasteiger partial charge in [-0.1, -0.05) is 44.3 Å². The van der Waals surface area contributed by atoms with E-state index < -0.39 is 5.97 Å². The smallest absolute Gasteiger partial charge is 0.303 e. The maximum atomic E-state index is 10.4. The Hall–Kier alpha value is -1.63. The van der Waals surface area contributed by atoms with E-state index in [-0.39, 0.29) is 5.66 Å². The van der Waals surface area contributed by atoms with Crippen molar-refractivity contribution in [2.75, 3.05) is 0 Å². The standard InChI is InChI=1S/C22H36N2O2/c1-2-3-16-19-22(23-24-22)20-17-14-12-10-8-6-4-5-7-9-11-13-15-18-21(25)26/h1,8,10H,3-7,9,11-20H2,(H,25,26)/b10-8+. The van der Waals surface area contributed by atoms with Crippen LogP contribution in [-0.4, -0.2) is 16.7 Å². The number of carboxylic acid groups (broad SMARTS) is 1. The van der Waals surface area contributed by atoms with Crippen molar-refractivity contribution in [3.05, 3.63) is 12.2 Å². The second kappa shape index (κ2) is 14.5. The molecule has 146 valence electrons. The van der Waals surface area contributed by atoms with Crippen LogP contribution in [0.2, 0.25) is 0 Å². The molecule has 0 fully saturated rings. The average Bonchev–Trinajstić information content (AvgIpc) is 3.38. The van der Waals surface area contributed by atoms with Crippen LogP contribution in [0.3, 0.4) is 0 Å². The molecule has 1 aliphatic heterocycles. The number of unbranched alkanes of at least 4 members (excludes halogenated alkanes) is 10. The summed E-state index contributed by atoms with van der Waals surface area (Å²) < 4.78 is 0. The molecule has 1 N–H and O–H groups in total. The maximum Gasteiger partial charge on any atom is 0.303 e. The Morgan fingerprint density at radius 2 is 1.38 bits per heavy atom. The van der Waals surface area contributed by atoms with Crippen LogP contribution in [0.1, 0.15) is 103 Å². The van der Waals surface area contributed by atoms with Crippen molar-refractivity contribution in [2.45, 2.75) is 108 Å². The van der Waals surface area contributed by atoms with Crippen LogP contribution in [0.5, 0.6) is 0 Å². The molecular weight excluding hydrogens is 324 g/mol. The van der Waals surface area contributed by atoms with E-state index in [0.29, 0.717) is 6.42 Å². The van der Waals surface area contributed by atoms with Gasteiger partial charge < -0.3 is 5.11 Å². The summed E-state index contributed by atoms with van der Waals surface area (Å²) >= 11 is 0. The van der Waals surface area contributed by atoms with E-state index in [0.717, 1.165) is 44.9 Å². The number of terminal acetylenes is 1. The quantitative estimate of drug-likeness (QED) is 0.169. The summed E-state index contributed by atoms with van der Waals surface area (Å²) in [6.07, 6.45) is 27.1. The Balaban J connectivity index is 1.80. The summed E-state index contributed by atoms with van der Waals surface area (Å²) in [6, 6.07) is 0. The van der Waals surface area contributed by atoms with Gasteiger partial charge in [0.25, 0.3) is 0 Å². The molecule has 1 heterocycles. The molecule has 4 nitrogen and oxygen atoms in total. The van der Waals surface area contributed by atoms with Gasteiger partial charge in [-0.2, -0.15) is 10.2 Å². The minimum atomic E-state index is -0.672. The normalized spacial score (nSPS) is 14.6. The van der Waals surface area contributed by atoms with Gasteiger partial charge in [0.15, 0.2) is 5.66 Å². The van der Waals surface area contributed by atoms with E-state index in [2.05, 4.69) is 28.3 Å². The molecule has 0 aromatic heterocycles. The first kappa shape index (κ1) is 22.4. The van der Waals surface area contributed by atoms with Gasteiger partial charge in [0.05, 0.1) is 0 Å². The van der Waals surface area contributed by atoms with E-state index in [9.17, 15) is 4.79 Å². The lowest BCUT2D eigenvalue weighted by molar-refractivity contribution is -0.137. The molecule has 0 aromatic rings. The molecule has 1 rings (SSSR count). The van der Waals surface area contributed by atoms with Crippen LogP contribution in [0.25, 0.3) is 0 Å². The van der Waals surface area contributed by atoms with E-state index in [1.54, 1.807) is 0 Å². The molecule has 0 aliphatic carbocycles. The number of allylic oxidation sites excluding steroid dienone is 2. The Bertz CT molecular complexity index is 471. The summed E-state index contributed by atoms with van der Waals surface area (Å²) in [5.41, 5.74) is -0.0613. The minimum absolute atomic E-state index is 0.0613. The summed E-state index contributed by atoms with van der Waals surface area (Å²) in [5, 5.41) is 17.0. The third-order valence-electron chi connectivity index (χ3n) is 4.91. The van der Waals surface area contributed by atoms with Gasteiger partial charge in [-0.15, -0.1) is 12.3 Å². The first-order valence-corrected chi connectivity index (χ1v) is 10.4. The van der Waals surface area contributed by atoms with Crippen molar-refractivity contribution in [1.29, 1.82) is 0 Å². The monoisotopic (exact) mass is 360 g/mol. The largest absolute Gasteiger partial charge is 0.481 e. The predicted octanol–water partition coefficient (Wildman–Crippen LogP) is 6.66. The maximum absolute atomic E-state index is 10.4. The van der Waals surface area contributed by atoms with Crippen LogP contribution in [0.15, 0.2) is 22.4 Å². The average molecular weight is 361 g/mol. The molecule has 0 saturated heterocycles. The van der Waals surface area contributed by atoms with Gasteiger partial charge in [-0.25, -0.2) is 0 Å². The highest BCUT2D eigenvalue weighted by molar-refractivity contribution is 5.66. The van der Waals surface area contributed by atoms with Crippen LogP contribution >= 0.6 is 0 Å². The van der Waals surface area contributed by atoms with E-state index >= 15 is 0 Å². The van der Waals surface area contributed by atoms with Gasteiger partial charge in [0.2, 0.25) is 0 Å². The zero-order chi connectivity index (χ0) is 18.9. The van der Waals surface area contributed by atoms with Crippen molar-refractivity contribution in [2.24, 2.45) is 10.2 Å². The Labute approximate surface area is 159 Å². The first-order chi connectivity index (χ1) is 12.7. The van der Waals surface area contributed by atoms with Gasteiger partial charge in [-0.05, 0) is 57.8 Å². The number of hydrogen-bond donors (Lipinski definition) is 1. The van der Waals surface area contributed by atoms with Crippen molar-refractivity contribution in [1.82, 2.24) is 0 Å². The molecule has 1 aliphatic rings. The molecule has 0 unspecified atom stereocenters. The molecule has 0 amide bonds. The molecule has 0 atom stereocenters. The molecule has 0 radical (unpaired) electrons. The Kier molecular flexibility index (Phi) is 12.5. The van der Waals surface area contributed by atoms with Gasteiger partial charge in [0, 0.05) is 12.8 Å². The van der Waals surface area contributed by atoms with Crippen LogP contribution in [0.4, 0.5) is 0 Å². The number of hydrogen-bond acceptors (Lipinski definition) is 3. The third kappa shape index (κ3) is 12.7. The lowest BCUT2D eigenvalue weighted by Gasteiger charge is -2.08. The van der Waals surface area contributed by atoms with E-state index in [4.69, 9.17) is 11.5 Å². The lowest BCUT2D eigenvalue weighted by Crippen LogP contribution is -2.10. The molecule has 26 heavy (non-hydrogen) atoms. The zero-order valence-electron chi connectivity index (χ0n) is 16.3. The summed E-state index contributed by atoms with van der Waals surface area (Å²) in [6.45, 7) is 0. The second-order valence-corrected chi connectivity index (χ2v) is 7.36. The van der Waals surface area contributed by atoms with Crippen molar-refractivity contribution in [3.63, 3.8) is 0 Å². The fourth-order valence-corrected chi connectivity index (χ4v) is 3.20. The summed E-state index contributed by atoms with van der Waals surface area (Å²) in [4.78, 5) is 10.4. The SMILES string of the molecule is C#CCCCC1(CCCC/C=C/CCCCCCCCCC(=O)O)N=N1. The molecular formula is C22H36N2O2. The van der Waals surface area contributed by atoms with Crippen LogP contribution < -0.4 is 0 Å². The Morgan fingerprint density at radius 3 is 1.96 bits per heavy atom. The number of carboxylic acids is 1. The third-order valence-corrected chi connectivity index (χ3v) is 4.91. The van der Waals surface area contributed by atoms with Gasteiger partial charge >= 0.3 is 5.97 Å². The minimum Gasteiger partial charge on any atom is -0.481 e. The highest BCUT2D eigenvalue weighted by Crippen LogP contribution is 2.38. The summed E-state index contributed by atoms with van der Waals surface area (Å²) in [5.74, 6) is 2.01. The van der Waals surface area contributed by atoms with Gasteiger partial charge in [-0.3, -0.25) is 4.79 Å². The zero-order valence-corrected chi connectivity index (χ0v) is 16.3. The predicted molar refractivity (Wildman–Crippen MR) is 107 cm³/mol. The van der Waals surface area contributed by atoms with Crippen LogP contribution in [0, 0.1) is 12.3 Å². The molecule has 4 heteroatoms. The van der Waals surface area contributed by atoms with E-state index in [1.165, 1.54) is 51.4 Å². The van der Waals surface area contributed by atoms with Crippen molar-refractivity contribution < 1.29 is 9.90 Å². The summed E-state index contributed by atoms with van der Waals surface area (Å²) in [7, 11) is 0. The lowest BCUT2D eigenvalue weighted by atomic mass is 9.99. The topological polar surface area (TPSA) is 62.0 Å². The number of rotatable bonds is 18. The van der Waals surface area contributed by atoms with Crippen LogP contribution in [-0.2, 0) is 4.79 Å². The van der Waals surface area contributed by atoms with Crippen molar-refractivity contribution in [3.8, 4) is 12.3 Å². The second-order valence-electron chi connectivity index (χ2n) is 7.36. The fourth-order valence-electron chi connectivity index (χ4n) is 3.20. The molecule has 0 saturated carbocycles. The molecule has 0 aromatic carbocycles. The highest BCUT2D eigenvalue weighted by atomic mass is 16.4. The van der Waals surface area contributed by atoms with Crippen molar-refractivity contribution >= 4 is 5.97 Å². The highest BCUT2D eigenvalue weighted by Gasteiger charge is 2.38. The number of nitrogens with zero attached hydrogens (tertiary/aromatic N) is 2. The molecule has 0 spiro atoms. The Morgan fingerprint density at radius 1 is 0.846 bits per heavy atom.